The highest BCUT2D eigenvalue weighted by atomic mass is 19.1. The van der Waals surface area contributed by atoms with E-state index in [1.807, 2.05) is 17.2 Å². The SMILES string of the molecule is NC(=NCc1ccn(-c2ccc(F)cc2)n1)N1CCOCC1. The lowest BCUT2D eigenvalue weighted by Gasteiger charge is -2.27. The number of hydrogen-bond acceptors (Lipinski definition) is 3. The Morgan fingerprint density at radius 3 is 2.68 bits per heavy atom. The number of rotatable bonds is 3. The van der Waals surface area contributed by atoms with Gasteiger partial charge in [0.1, 0.15) is 5.82 Å². The number of nitrogens with two attached hydrogens (primary N) is 1. The zero-order chi connectivity index (χ0) is 15.4. The molecular formula is C15H18FN5O. The summed E-state index contributed by atoms with van der Waals surface area (Å²) in [5.41, 5.74) is 7.58. The van der Waals surface area contributed by atoms with Crippen LogP contribution in [-0.2, 0) is 11.3 Å². The second kappa shape index (κ2) is 6.57. The van der Waals surface area contributed by atoms with E-state index in [2.05, 4.69) is 10.1 Å². The number of guanidine groups is 1. The van der Waals surface area contributed by atoms with Gasteiger partial charge < -0.3 is 15.4 Å². The lowest BCUT2D eigenvalue weighted by Crippen LogP contribution is -2.44. The monoisotopic (exact) mass is 303 g/mol. The van der Waals surface area contributed by atoms with Gasteiger partial charge in [0.05, 0.1) is 31.1 Å². The van der Waals surface area contributed by atoms with Gasteiger partial charge in [-0.1, -0.05) is 0 Å². The minimum Gasteiger partial charge on any atom is -0.378 e. The van der Waals surface area contributed by atoms with Crippen LogP contribution in [0.25, 0.3) is 5.69 Å². The molecule has 2 N–H and O–H groups in total. The maximum absolute atomic E-state index is 12.9. The second-order valence-corrected chi connectivity index (χ2v) is 5.00. The molecule has 0 radical (unpaired) electrons. The fraction of sp³-hybridized carbons (Fsp3) is 0.333. The number of nitrogens with zero attached hydrogens (tertiary/aromatic N) is 4. The molecule has 1 saturated heterocycles. The van der Waals surface area contributed by atoms with Crippen molar-refractivity contribution in [2.75, 3.05) is 26.3 Å². The Kier molecular flexibility index (Phi) is 4.34. The number of ether oxygens (including phenoxy) is 1. The van der Waals surface area contributed by atoms with Gasteiger partial charge in [0.2, 0.25) is 0 Å². The largest absolute Gasteiger partial charge is 0.378 e. The van der Waals surface area contributed by atoms with Gasteiger partial charge >= 0.3 is 0 Å². The fourth-order valence-electron chi connectivity index (χ4n) is 2.24. The van der Waals surface area contributed by atoms with Gasteiger partial charge in [-0.15, -0.1) is 0 Å². The summed E-state index contributed by atoms with van der Waals surface area (Å²) in [6, 6.07) is 8.05. The number of morpholine rings is 1. The molecule has 0 aliphatic carbocycles. The third kappa shape index (κ3) is 3.43. The zero-order valence-electron chi connectivity index (χ0n) is 12.2. The van der Waals surface area contributed by atoms with E-state index >= 15 is 0 Å². The van der Waals surface area contributed by atoms with E-state index in [4.69, 9.17) is 10.5 Å². The molecule has 6 nitrogen and oxygen atoms in total. The van der Waals surface area contributed by atoms with Crippen molar-refractivity contribution in [3.63, 3.8) is 0 Å². The van der Waals surface area contributed by atoms with Crippen LogP contribution in [0.2, 0.25) is 0 Å². The third-order valence-electron chi connectivity index (χ3n) is 3.47. The first kappa shape index (κ1) is 14.5. The van der Waals surface area contributed by atoms with Crippen LogP contribution in [-0.4, -0.2) is 46.9 Å². The fourth-order valence-corrected chi connectivity index (χ4v) is 2.24. The number of aliphatic imine (C=N–C) groups is 1. The summed E-state index contributed by atoms with van der Waals surface area (Å²) in [5, 5.41) is 4.42. The maximum atomic E-state index is 12.9. The quantitative estimate of drug-likeness (QED) is 0.682. The predicted molar refractivity (Wildman–Crippen MR) is 81.2 cm³/mol. The van der Waals surface area contributed by atoms with Crippen LogP contribution in [0.5, 0.6) is 0 Å². The Hall–Kier alpha value is -2.41. The van der Waals surface area contributed by atoms with Gasteiger partial charge in [-0.05, 0) is 30.3 Å². The number of aromatic nitrogens is 2. The zero-order valence-corrected chi connectivity index (χ0v) is 12.2. The van der Waals surface area contributed by atoms with Gasteiger partial charge in [-0.3, -0.25) is 0 Å². The van der Waals surface area contributed by atoms with E-state index in [0.29, 0.717) is 25.7 Å². The van der Waals surface area contributed by atoms with Crippen LogP contribution in [0.4, 0.5) is 4.39 Å². The van der Waals surface area contributed by atoms with Gasteiger partial charge in [0.25, 0.3) is 0 Å². The van der Waals surface area contributed by atoms with Crippen molar-refractivity contribution in [1.82, 2.24) is 14.7 Å². The highest BCUT2D eigenvalue weighted by molar-refractivity contribution is 5.78. The number of hydrogen-bond donors (Lipinski definition) is 1. The Morgan fingerprint density at radius 1 is 1.23 bits per heavy atom. The van der Waals surface area contributed by atoms with E-state index in [-0.39, 0.29) is 5.82 Å². The lowest BCUT2D eigenvalue weighted by molar-refractivity contribution is 0.0674. The summed E-state index contributed by atoms with van der Waals surface area (Å²) >= 11 is 0. The molecule has 1 aromatic heterocycles. The molecular weight excluding hydrogens is 285 g/mol. The molecule has 0 bridgehead atoms. The molecule has 0 saturated carbocycles. The van der Waals surface area contributed by atoms with Crippen molar-refractivity contribution in [2.24, 2.45) is 10.7 Å². The normalized spacial score (nSPS) is 16.0. The summed E-state index contributed by atoms with van der Waals surface area (Å²) in [7, 11) is 0. The summed E-state index contributed by atoms with van der Waals surface area (Å²) < 4.78 is 19.9. The van der Waals surface area contributed by atoms with Gasteiger partial charge in [0, 0.05) is 19.3 Å². The standard InChI is InChI=1S/C15H18FN5O/c16-12-1-3-14(4-2-12)21-6-5-13(19-21)11-18-15(17)20-7-9-22-10-8-20/h1-6H,7-11H2,(H2,17,18). The molecule has 3 rings (SSSR count). The number of benzene rings is 1. The van der Waals surface area contributed by atoms with Gasteiger partial charge in [0.15, 0.2) is 5.96 Å². The first-order chi connectivity index (χ1) is 10.7. The van der Waals surface area contributed by atoms with Crippen LogP contribution in [0.1, 0.15) is 5.69 Å². The average Bonchev–Trinajstić information content (AvgIpc) is 3.03. The molecule has 0 amide bonds. The highest BCUT2D eigenvalue weighted by Gasteiger charge is 2.12. The van der Waals surface area contributed by atoms with E-state index in [0.717, 1.165) is 24.5 Å². The lowest BCUT2D eigenvalue weighted by atomic mass is 10.3. The topological polar surface area (TPSA) is 68.7 Å². The summed E-state index contributed by atoms with van der Waals surface area (Å²) in [5.74, 6) is 0.249. The molecule has 1 fully saturated rings. The van der Waals surface area contributed by atoms with Crippen molar-refractivity contribution < 1.29 is 9.13 Å². The van der Waals surface area contributed by atoms with E-state index in [1.54, 1.807) is 16.8 Å². The first-order valence-corrected chi connectivity index (χ1v) is 7.15. The van der Waals surface area contributed by atoms with Gasteiger partial charge in [-0.25, -0.2) is 14.1 Å². The van der Waals surface area contributed by atoms with Crippen molar-refractivity contribution in [3.8, 4) is 5.69 Å². The minimum absolute atomic E-state index is 0.265. The highest BCUT2D eigenvalue weighted by Crippen LogP contribution is 2.09. The molecule has 0 atom stereocenters. The van der Waals surface area contributed by atoms with E-state index in [1.165, 1.54) is 12.1 Å². The summed E-state index contributed by atoms with van der Waals surface area (Å²) in [6.45, 7) is 3.29. The molecule has 2 aromatic rings. The predicted octanol–water partition coefficient (Wildman–Crippen LogP) is 1.16. The Labute approximate surface area is 128 Å². The molecule has 1 aliphatic rings. The van der Waals surface area contributed by atoms with Crippen LogP contribution in [0, 0.1) is 5.82 Å². The molecule has 22 heavy (non-hydrogen) atoms. The molecule has 1 aliphatic heterocycles. The van der Waals surface area contributed by atoms with E-state index < -0.39 is 0 Å². The van der Waals surface area contributed by atoms with Crippen molar-refractivity contribution in [3.05, 3.63) is 48.0 Å². The molecule has 0 unspecified atom stereocenters. The van der Waals surface area contributed by atoms with Crippen LogP contribution < -0.4 is 5.73 Å². The smallest absolute Gasteiger partial charge is 0.191 e. The first-order valence-electron chi connectivity index (χ1n) is 7.15. The Morgan fingerprint density at radius 2 is 1.95 bits per heavy atom. The van der Waals surface area contributed by atoms with Crippen molar-refractivity contribution in [2.45, 2.75) is 6.54 Å². The molecule has 7 heteroatoms. The molecule has 0 spiro atoms. The van der Waals surface area contributed by atoms with Crippen LogP contribution >= 0.6 is 0 Å². The maximum Gasteiger partial charge on any atom is 0.191 e. The van der Waals surface area contributed by atoms with Crippen LogP contribution in [0.3, 0.4) is 0 Å². The van der Waals surface area contributed by atoms with Crippen LogP contribution in [0.15, 0.2) is 41.5 Å². The van der Waals surface area contributed by atoms with Crippen molar-refractivity contribution in [1.29, 1.82) is 0 Å². The Balaban J connectivity index is 1.65. The molecule has 116 valence electrons. The molecule has 1 aromatic carbocycles. The van der Waals surface area contributed by atoms with E-state index in [9.17, 15) is 4.39 Å². The second-order valence-electron chi connectivity index (χ2n) is 5.00. The van der Waals surface area contributed by atoms with Crippen molar-refractivity contribution >= 4 is 5.96 Å². The molecule has 2 heterocycles. The third-order valence-corrected chi connectivity index (χ3v) is 3.47. The minimum atomic E-state index is -0.265. The van der Waals surface area contributed by atoms with Gasteiger partial charge in [-0.2, -0.15) is 5.10 Å². The summed E-state index contributed by atoms with van der Waals surface area (Å²) in [4.78, 5) is 6.37. The average molecular weight is 303 g/mol. The summed E-state index contributed by atoms with van der Waals surface area (Å²) in [6.07, 6.45) is 1.82. The Bertz CT molecular complexity index is 646. The number of halogens is 1.